The number of hydrogen-bond acceptors (Lipinski definition) is 7. The summed E-state index contributed by atoms with van der Waals surface area (Å²) >= 11 is 5.90. The predicted molar refractivity (Wildman–Crippen MR) is 113 cm³/mol. The molecule has 0 bridgehead atoms. The van der Waals surface area contributed by atoms with E-state index in [-0.39, 0.29) is 12.8 Å². The molecule has 0 heterocycles. The lowest BCUT2D eigenvalue weighted by Gasteiger charge is -2.10. The molecule has 164 valence electrons. The number of benzene rings is 2. The lowest BCUT2D eigenvalue weighted by Crippen LogP contribution is -2.22. The summed E-state index contributed by atoms with van der Waals surface area (Å²) in [7, 11) is 2.72. The lowest BCUT2D eigenvalue weighted by molar-refractivity contribution is -0.147. The highest BCUT2D eigenvalue weighted by Gasteiger charge is 2.13. The number of nitrogens with one attached hydrogen (secondary N) is 2. The van der Waals surface area contributed by atoms with E-state index in [1.165, 1.54) is 44.6 Å². The van der Waals surface area contributed by atoms with Crippen LogP contribution in [0.25, 0.3) is 0 Å². The third-order valence-electron chi connectivity index (χ3n) is 3.95. The number of esters is 2. The summed E-state index contributed by atoms with van der Waals surface area (Å²) in [5.41, 5.74) is 1.13. The second-order valence-corrected chi connectivity index (χ2v) is 6.61. The van der Waals surface area contributed by atoms with E-state index < -0.39 is 30.4 Å². The highest BCUT2D eigenvalue weighted by molar-refractivity contribution is 6.31. The van der Waals surface area contributed by atoms with E-state index in [4.69, 9.17) is 21.1 Å². The summed E-state index contributed by atoms with van der Waals surface area (Å²) < 4.78 is 14.6. The number of carbonyl (C=O) groups is 4. The normalized spacial score (nSPS) is 10.0. The van der Waals surface area contributed by atoms with Gasteiger partial charge < -0.3 is 24.8 Å². The highest BCUT2D eigenvalue weighted by Crippen LogP contribution is 2.27. The highest BCUT2D eigenvalue weighted by atomic mass is 35.5. The Kier molecular flexibility index (Phi) is 8.83. The number of rotatable bonds is 9. The monoisotopic (exact) mass is 448 g/mol. The average molecular weight is 449 g/mol. The van der Waals surface area contributed by atoms with E-state index >= 15 is 0 Å². The molecule has 0 aliphatic heterocycles. The van der Waals surface area contributed by atoms with Gasteiger partial charge in [0.05, 0.1) is 31.9 Å². The van der Waals surface area contributed by atoms with Crippen LogP contribution >= 0.6 is 11.6 Å². The van der Waals surface area contributed by atoms with Crippen LogP contribution in [0.4, 0.5) is 11.4 Å². The molecule has 0 fully saturated rings. The predicted octanol–water partition coefficient (Wildman–Crippen LogP) is 3.04. The molecule has 0 radical (unpaired) electrons. The third-order valence-corrected chi connectivity index (χ3v) is 4.18. The number of halogens is 1. The average Bonchev–Trinajstić information content (AvgIpc) is 2.76. The van der Waals surface area contributed by atoms with Crippen molar-refractivity contribution in [1.82, 2.24) is 0 Å². The minimum absolute atomic E-state index is 0.148. The van der Waals surface area contributed by atoms with Gasteiger partial charge in [0.2, 0.25) is 5.91 Å². The molecular weight excluding hydrogens is 428 g/mol. The molecule has 2 aromatic rings. The fourth-order valence-corrected chi connectivity index (χ4v) is 2.60. The van der Waals surface area contributed by atoms with Crippen LogP contribution in [0.1, 0.15) is 23.2 Å². The van der Waals surface area contributed by atoms with Crippen LogP contribution in [-0.4, -0.2) is 44.6 Å². The maximum Gasteiger partial charge on any atom is 0.337 e. The van der Waals surface area contributed by atoms with Crippen molar-refractivity contribution >= 4 is 46.7 Å². The van der Waals surface area contributed by atoms with Gasteiger partial charge >= 0.3 is 11.9 Å². The van der Waals surface area contributed by atoms with Gasteiger partial charge in [-0.05, 0) is 42.5 Å². The van der Waals surface area contributed by atoms with Crippen LogP contribution in [0.2, 0.25) is 5.02 Å². The third kappa shape index (κ3) is 7.63. The number of methoxy groups -OCH3 is 2. The molecule has 0 aromatic heterocycles. The molecule has 0 unspecified atom stereocenters. The SMILES string of the molecule is COC(=O)c1ccc(NC(=O)COC(=O)CCC(=O)Nc2cc(Cl)ccc2OC)cc1. The van der Waals surface area contributed by atoms with Crippen molar-refractivity contribution in [3.63, 3.8) is 0 Å². The Morgan fingerprint density at radius 2 is 1.61 bits per heavy atom. The minimum atomic E-state index is -0.704. The molecular formula is C21H21ClN2O7. The smallest absolute Gasteiger partial charge is 0.337 e. The second kappa shape index (κ2) is 11.6. The standard InChI is InChI=1S/C21H21ClN2O7/c1-29-17-8-5-14(22)11-16(17)24-18(25)9-10-20(27)31-12-19(26)23-15-6-3-13(4-7-15)21(28)30-2/h3-8,11H,9-10,12H2,1-2H3,(H,23,26)(H,24,25). The molecule has 9 nitrogen and oxygen atoms in total. The fourth-order valence-electron chi connectivity index (χ4n) is 2.43. The van der Waals surface area contributed by atoms with Crippen molar-refractivity contribution in [3.8, 4) is 5.75 Å². The molecule has 0 saturated heterocycles. The van der Waals surface area contributed by atoms with E-state index in [1.54, 1.807) is 12.1 Å². The van der Waals surface area contributed by atoms with E-state index in [2.05, 4.69) is 15.4 Å². The van der Waals surface area contributed by atoms with Gasteiger partial charge in [-0.15, -0.1) is 0 Å². The molecule has 2 aromatic carbocycles. The van der Waals surface area contributed by atoms with Crippen molar-refractivity contribution < 1.29 is 33.4 Å². The number of anilines is 2. The zero-order valence-electron chi connectivity index (χ0n) is 16.9. The van der Waals surface area contributed by atoms with Crippen molar-refractivity contribution in [3.05, 3.63) is 53.1 Å². The minimum Gasteiger partial charge on any atom is -0.495 e. The van der Waals surface area contributed by atoms with Gasteiger partial charge in [0.15, 0.2) is 6.61 Å². The van der Waals surface area contributed by atoms with Gasteiger partial charge in [0.1, 0.15) is 5.75 Å². The second-order valence-electron chi connectivity index (χ2n) is 6.17. The van der Waals surface area contributed by atoms with Crippen molar-refractivity contribution in [2.24, 2.45) is 0 Å². The Hall–Kier alpha value is -3.59. The summed E-state index contributed by atoms with van der Waals surface area (Å²) in [6, 6.07) is 10.8. The topological polar surface area (TPSA) is 120 Å². The van der Waals surface area contributed by atoms with E-state index in [1.807, 2.05) is 0 Å². The first-order chi connectivity index (χ1) is 14.8. The quantitative estimate of drug-likeness (QED) is 0.565. The van der Waals surface area contributed by atoms with Gasteiger partial charge in [-0.2, -0.15) is 0 Å². The van der Waals surface area contributed by atoms with Crippen LogP contribution in [0.5, 0.6) is 5.75 Å². The molecule has 0 aliphatic rings. The molecule has 31 heavy (non-hydrogen) atoms. The Morgan fingerprint density at radius 3 is 2.26 bits per heavy atom. The molecule has 2 N–H and O–H groups in total. The van der Waals surface area contributed by atoms with Crippen LogP contribution in [0.3, 0.4) is 0 Å². The number of amides is 2. The summed E-state index contributed by atoms with van der Waals surface area (Å²) in [5.74, 6) is -1.77. The first-order valence-corrected chi connectivity index (χ1v) is 9.47. The molecule has 10 heteroatoms. The van der Waals surface area contributed by atoms with Crippen molar-refractivity contribution in [2.75, 3.05) is 31.5 Å². The summed E-state index contributed by atoms with van der Waals surface area (Å²) in [6.07, 6.45) is -0.360. The van der Waals surface area contributed by atoms with Gasteiger partial charge in [0.25, 0.3) is 5.91 Å². The maximum absolute atomic E-state index is 12.0. The summed E-state index contributed by atoms with van der Waals surface area (Å²) in [6.45, 7) is -0.513. The Morgan fingerprint density at radius 1 is 0.903 bits per heavy atom. The molecule has 0 aliphatic carbocycles. The van der Waals surface area contributed by atoms with Crippen LogP contribution in [0, 0.1) is 0 Å². The Balaban J connectivity index is 1.74. The number of carbonyl (C=O) groups excluding carboxylic acids is 4. The molecule has 2 rings (SSSR count). The van der Waals surface area contributed by atoms with E-state index in [9.17, 15) is 19.2 Å². The maximum atomic E-state index is 12.0. The lowest BCUT2D eigenvalue weighted by atomic mass is 10.2. The summed E-state index contributed by atoms with van der Waals surface area (Å²) in [4.78, 5) is 47.1. The zero-order chi connectivity index (χ0) is 22.8. The molecule has 2 amide bonds. The van der Waals surface area contributed by atoms with Crippen molar-refractivity contribution in [2.45, 2.75) is 12.8 Å². The van der Waals surface area contributed by atoms with Crippen LogP contribution in [0.15, 0.2) is 42.5 Å². The van der Waals surface area contributed by atoms with Gasteiger partial charge in [-0.25, -0.2) is 4.79 Å². The number of ether oxygens (including phenoxy) is 3. The molecule has 0 saturated carbocycles. The number of hydrogen-bond donors (Lipinski definition) is 2. The Bertz CT molecular complexity index is 961. The first kappa shape index (κ1) is 23.7. The van der Waals surface area contributed by atoms with Gasteiger partial charge in [0, 0.05) is 17.1 Å². The largest absolute Gasteiger partial charge is 0.495 e. The first-order valence-electron chi connectivity index (χ1n) is 9.09. The van der Waals surface area contributed by atoms with Crippen molar-refractivity contribution in [1.29, 1.82) is 0 Å². The van der Waals surface area contributed by atoms with Crippen LogP contribution < -0.4 is 15.4 Å². The van der Waals surface area contributed by atoms with Gasteiger partial charge in [-0.3, -0.25) is 14.4 Å². The van der Waals surface area contributed by atoms with E-state index in [0.29, 0.717) is 27.7 Å². The molecule has 0 spiro atoms. The summed E-state index contributed by atoms with van der Waals surface area (Å²) in [5, 5.41) is 5.54. The fraction of sp³-hybridized carbons (Fsp3) is 0.238. The van der Waals surface area contributed by atoms with Crippen LogP contribution in [-0.2, 0) is 23.9 Å². The molecule has 0 atom stereocenters. The van der Waals surface area contributed by atoms with E-state index in [0.717, 1.165) is 0 Å². The zero-order valence-corrected chi connectivity index (χ0v) is 17.7. The van der Waals surface area contributed by atoms with Gasteiger partial charge in [-0.1, -0.05) is 11.6 Å². The Labute approximate surface area is 183 Å².